The predicted molar refractivity (Wildman–Crippen MR) is 94.4 cm³/mol. The maximum Gasteiger partial charge on any atom is 0.251 e. The number of carbonyl (C=O) groups excluding carboxylic acids is 1. The first-order chi connectivity index (χ1) is 10.9. The number of thiocarbonyl (C=S) groups is 1. The van der Waals surface area contributed by atoms with E-state index >= 15 is 0 Å². The van der Waals surface area contributed by atoms with Crippen molar-refractivity contribution in [1.29, 1.82) is 0 Å². The largest absolute Gasteiger partial charge is 0.358 e. The van der Waals surface area contributed by atoms with E-state index in [9.17, 15) is 9.59 Å². The van der Waals surface area contributed by atoms with Crippen LogP contribution in [0.5, 0.6) is 0 Å². The molecule has 0 aromatic carbocycles. The smallest absolute Gasteiger partial charge is 0.251 e. The average molecular weight is 355 g/mol. The maximum absolute atomic E-state index is 11.9. The molecule has 5 N–H and O–H groups in total. The number of aromatic nitrogens is 2. The number of hydrogen-bond acceptors (Lipinski definition) is 4. The Morgan fingerprint density at radius 1 is 1.30 bits per heavy atom. The SMILES string of the molecule is C[C@H]1CCCC[C@H]1NC(=S)NNC(=O)Cc1cc(=O)[nH]c(=S)[nH]1. The molecule has 1 aromatic rings. The van der Waals surface area contributed by atoms with Crippen molar-refractivity contribution in [3.05, 3.63) is 26.9 Å². The number of aromatic amines is 2. The molecule has 23 heavy (non-hydrogen) atoms. The van der Waals surface area contributed by atoms with E-state index in [2.05, 4.69) is 33.1 Å². The summed E-state index contributed by atoms with van der Waals surface area (Å²) in [4.78, 5) is 28.3. The average Bonchev–Trinajstić information content (AvgIpc) is 2.46. The van der Waals surface area contributed by atoms with Gasteiger partial charge >= 0.3 is 0 Å². The van der Waals surface area contributed by atoms with Gasteiger partial charge in [0.05, 0.1) is 6.42 Å². The number of rotatable bonds is 3. The van der Waals surface area contributed by atoms with Gasteiger partial charge in [0, 0.05) is 17.8 Å². The third-order valence-electron chi connectivity index (χ3n) is 3.91. The van der Waals surface area contributed by atoms with Crippen LogP contribution in [0.1, 0.15) is 38.3 Å². The summed E-state index contributed by atoms with van der Waals surface area (Å²) < 4.78 is 0.191. The zero-order valence-electron chi connectivity index (χ0n) is 12.9. The van der Waals surface area contributed by atoms with E-state index in [-0.39, 0.29) is 22.7 Å². The summed E-state index contributed by atoms with van der Waals surface area (Å²) in [5, 5.41) is 3.63. The van der Waals surface area contributed by atoms with Crippen LogP contribution in [-0.4, -0.2) is 27.0 Å². The van der Waals surface area contributed by atoms with Crippen LogP contribution in [0.2, 0.25) is 0 Å². The molecule has 0 bridgehead atoms. The van der Waals surface area contributed by atoms with Crippen LogP contribution < -0.4 is 21.7 Å². The summed E-state index contributed by atoms with van der Waals surface area (Å²) in [6.07, 6.45) is 4.73. The van der Waals surface area contributed by atoms with Gasteiger partial charge in [-0.05, 0) is 43.2 Å². The van der Waals surface area contributed by atoms with Crippen LogP contribution >= 0.6 is 24.4 Å². The molecule has 1 aromatic heterocycles. The molecule has 1 saturated carbocycles. The van der Waals surface area contributed by atoms with E-state index in [4.69, 9.17) is 24.4 Å². The highest BCUT2D eigenvalue weighted by Crippen LogP contribution is 2.23. The minimum atomic E-state index is -0.340. The van der Waals surface area contributed by atoms with E-state index in [1.807, 2.05) is 0 Å². The van der Waals surface area contributed by atoms with Gasteiger partial charge in [-0.25, -0.2) is 0 Å². The first-order valence-corrected chi connectivity index (χ1v) is 8.43. The monoisotopic (exact) mass is 355 g/mol. The number of hydrazine groups is 1. The lowest BCUT2D eigenvalue weighted by Gasteiger charge is -2.30. The number of carbonyl (C=O) groups is 1. The Balaban J connectivity index is 1.78. The van der Waals surface area contributed by atoms with Gasteiger partial charge in [-0.1, -0.05) is 19.8 Å². The lowest BCUT2D eigenvalue weighted by Crippen LogP contribution is -2.52. The van der Waals surface area contributed by atoms with Gasteiger partial charge in [0.25, 0.3) is 5.56 Å². The highest BCUT2D eigenvalue weighted by molar-refractivity contribution is 7.80. The fourth-order valence-electron chi connectivity index (χ4n) is 2.69. The van der Waals surface area contributed by atoms with Crippen LogP contribution in [0, 0.1) is 10.7 Å². The Bertz CT molecular complexity index is 656. The molecule has 126 valence electrons. The number of H-pyrrole nitrogens is 2. The van der Waals surface area contributed by atoms with Crippen LogP contribution in [0.3, 0.4) is 0 Å². The van der Waals surface area contributed by atoms with Crippen molar-refractivity contribution in [3.63, 3.8) is 0 Å². The molecule has 1 aliphatic carbocycles. The molecular weight excluding hydrogens is 334 g/mol. The predicted octanol–water partition coefficient (Wildman–Crippen LogP) is 1.05. The lowest BCUT2D eigenvalue weighted by atomic mass is 9.86. The molecule has 2 rings (SSSR count). The highest BCUT2D eigenvalue weighted by atomic mass is 32.1. The summed E-state index contributed by atoms with van der Waals surface area (Å²) in [7, 11) is 0. The zero-order valence-corrected chi connectivity index (χ0v) is 14.5. The minimum Gasteiger partial charge on any atom is -0.358 e. The number of amides is 1. The molecule has 9 heteroatoms. The third-order valence-corrected chi connectivity index (χ3v) is 4.33. The van der Waals surface area contributed by atoms with Crippen LogP contribution in [0.15, 0.2) is 10.9 Å². The molecule has 1 amide bonds. The van der Waals surface area contributed by atoms with Gasteiger partial charge in [0.2, 0.25) is 5.91 Å². The van der Waals surface area contributed by atoms with Gasteiger partial charge in [0.15, 0.2) is 9.88 Å². The molecule has 0 saturated heterocycles. The summed E-state index contributed by atoms with van der Waals surface area (Å²) in [6, 6.07) is 1.64. The number of hydrogen-bond donors (Lipinski definition) is 5. The van der Waals surface area contributed by atoms with E-state index in [1.54, 1.807) is 0 Å². The van der Waals surface area contributed by atoms with Crippen molar-refractivity contribution in [1.82, 2.24) is 26.1 Å². The van der Waals surface area contributed by atoms with Crippen LogP contribution in [0.25, 0.3) is 0 Å². The van der Waals surface area contributed by atoms with Crippen molar-refractivity contribution < 1.29 is 4.79 Å². The number of nitrogens with one attached hydrogen (secondary N) is 5. The quantitative estimate of drug-likeness (QED) is 0.410. The van der Waals surface area contributed by atoms with Crippen molar-refractivity contribution in [2.45, 2.75) is 45.1 Å². The van der Waals surface area contributed by atoms with Gasteiger partial charge < -0.3 is 10.3 Å². The van der Waals surface area contributed by atoms with Gasteiger partial charge in [0.1, 0.15) is 0 Å². The standard InChI is InChI=1S/C14H21N5O2S2/c1-8-4-2-3-5-10(8)16-14(23)19-18-12(21)7-9-6-11(20)17-13(22)15-9/h6,8,10H,2-5,7H2,1H3,(H,18,21)(H2,16,19,23)(H2,15,17,20,22)/t8-,10+/m0/s1. The lowest BCUT2D eigenvalue weighted by molar-refractivity contribution is -0.121. The summed E-state index contributed by atoms with van der Waals surface area (Å²) in [5.41, 5.74) is 5.31. The van der Waals surface area contributed by atoms with E-state index in [1.165, 1.54) is 25.3 Å². The normalized spacial score (nSPS) is 20.6. The minimum absolute atomic E-state index is 0.00298. The molecule has 1 aliphatic rings. The Morgan fingerprint density at radius 3 is 2.74 bits per heavy atom. The van der Waals surface area contributed by atoms with E-state index in [0.29, 0.717) is 22.8 Å². The third kappa shape index (κ3) is 5.76. The second-order valence-corrected chi connectivity index (χ2v) is 6.62. The van der Waals surface area contributed by atoms with Gasteiger partial charge in [-0.3, -0.25) is 25.4 Å². The first kappa shape index (κ1) is 17.6. The van der Waals surface area contributed by atoms with Crippen molar-refractivity contribution in [2.75, 3.05) is 0 Å². The van der Waals surface area contributed by atoms with Crippen molar-refractivity contribution in [2.24, 2.45) is 5.92 Å². The Kier molecular flexibility index (Phi) is 6.28. The Labute approximate surface area is 144 Å². The summed E-state index contributed by atoms with van der Waals surface area (Å²) in [6.45, 7) is 2.20. The molecule has 2 atom stereocenters. The maximum atomic E-state index is 11.9. The highest BCUT2D eigenvalue weighted by Gasteiger charge is 2.21. The van der Waals surface area contributed by atoms with Gasteiger partial charge in [-0.2, -0.15) is 0 Å². The van der Waals surface area contributed by atoms with E-state index in [0.717, 1.165) is 6.42 Å². The fourth-order valence-corrected chi connectivity index (χ4v) is 3.13. The van der Waals surface area contributed by atoms with Crippen molar-refractivity contribution >= 4 is 35.5 Å². The molecule has 1 heterocycles. The topological polar surface area (TPSA) is 102 Å². The first-order valence-electron chi connectivity index (χ1n) is 7.62. The zero-order chi connectivity index (χ0) is 16.8. The molecule has 1 fully saturated rings. The molecule has 0 radical (unpaired) electrons. The molecule has 0 spiro atoms. The van der Waals surface area contributed by atoms with Crippen LogP contribution in [0.4, 0.5) is 0 Å². The van der Waals surface area contributed by atoms with Crippen LogP contribution in [-0.2, 0) is 11.2 Å². The Morgan fingerprint density at radius 2 is 2.04 bits per heavy atom. The van der Waals surface area contributed by atoms with E-state index < -0.39 is 0 Å². The van der Waals surface area contributed by atoms with Gasteiger partial charge in [-0.15, -0.1) is 0 Å². The van der Waals surface area contributed by atoms with Crippen molar-refractivity contribution in [3.8, 4) is 0 Å². The second-order valence-electron chi connectivity index (χ2n) is 5.80. The molecule has 0 unspecified atom stereocenters. The second kappa shape index (κ2) is 8.21. The summed E-state index contributed by atoms with van der Waals surface area (Å²) in [5.74, 6) is 0.248. The fraction of sp³-hybridized carbons (Fsp3) is 0.571. The Hall–Kier alpha value is -1.74. The molecule has 7 nitrogen and oxygen atoms in total. The summed E-state index contributed by atoms with van der Waals surface area (Å²) >= 11 is 10.1. The molecule has 0 aliphatic heterocycles. The molecular formula is C14H21N5O2S2.